The van der Waals surface area contributed by atoms with Crippen LogP contribution in [0, 0.1) is 6.92 Å². The molecule has 2 amide bonds. The highest BCUT2D eigenvalue weighted by molar-refractivity contribution is 6.04. The molecule has 0 unspecified atom stereocenters. The van der Waals surface area contributed by atoms with Crippen molar-refractivity contribution in [2.75, 3.05) is 17.7 Å². The quantitative estimate of drug-likeness (QED) is 0.367. The monoisotopic (exact) mass is 455 g/mol. The van der Waals surface area contributed by atoms with Crippen LogP contribution in [0.25, 0.3) is 11.3 Å². The second-order valence-corrected chi connectivity index (χ2v) is 7.79. The Labute approximate surface area is 197 Å². The Balaban J connectivity index is 1.27. The molecular formula is C27H25N3O4. The molecule has 1 aromatic heterocycles. The molecule has 172 valence electrons. The van der Waals surface area contributed by atoms with Crippen molar-refractivity contribution in [3.63, 3.8) is 0 Å². The van der Waals surface area contributed by atoms with Crippen LogP contribution >= 0.6 is 0 Å². The molecule has 0 spiro atoms. The molecule has 7 heteroatoms. The van der Waals surface area contributed by atoms with Crippen molar-refractivity contribution in [1.29, 1.82) is 0 Å². The predicted molar refractivity (Wildman–Crippen MR) is 131 cm³/mol. The van der Waals surface area contributed by atoms with Gasteiger partial charge in [-0.25, -0.2) is 4.98 Å². The van der Waals surface area contributed by atoms with Crippen LogP contribution < -0.4 is 15.4 Å². The Morgan fingerprint density at radius 1 is 0.882 bits per heavy atom. The zero-order valence-electron chi connectivity index (χ0n) is 19.0. The molecule has 0 bridgehead atoms. The SMILES string of the molecule is COc1ccc(NC(=O)c2ccc(NC(=O)CCc3ncc(-c4ccc(C)cc4)o3)cc2)cc1. The van der Waals surface area contributed by atoms with E-state index >= 15 is 0 Å². The number of ether oxygens (including phenoxy) is 1. The minimum atomic E-state index is -0.240. The fourth-order valence-electron chi connectivity index (χ4n) is 3.30. The summed E-state index contributed by atoms with van der Waals surface area (Å²) in [5.74, 6) is 1.50. The number of carbonyl (C=O) groups is 2. The summed E-state index contributed by atoms with van der Waals surface area (Å²) in [4.78, 5) is 29.0. The smallest absolute Gasteiger partial charge is 0.255 e. The summed E-state index contributed by atoms with van der Waals surface area (Å²) in [5.41, 5.74) is 3.88. The topological polar surface area (TPSA) is 93.5 Å². The number of carbonyl (C=O) groups excluding carboxylic acids is 2. The molecule has 0 saturated carbocycles. The highest BCUT2D eigenvalue weighted by Crippen LogP contribution is 2.21. The van der Waals surface area contributed by atoms with Gasteiger partial charge in [0.1, 0.15) is 5.75 Å². The molecule has 0 saturated heterocycles. The van der Waals surface area contributed by atoms with E-state index in [1.165, 1.54) is 5.56 Å². The Kier molecular flexibility index (Phi) is 7.03. The minimum absolute atomic E-state index is 0.162. The van der Waals surface area contributed by atoms with Gasteiger partial charge in [0.15, 0.2) is 11.7 Å². The largest absolute Gasteiger partial charge is 0.497 e. The van der Waals surface area contributed by atoms with Gasteiger partial charge in [-0.3, -0.25) is 9.59 Å². The number of aryl methyl sites for hydroxylation is 2. The first-order valence-electron chi connectivity index (χ1n) is 10.9. The summed E-state index contributed by atoms with van der Waals surface area (Å²) < 4.78 is 10.9. The van der Waals surface area contributed by atoms with Gasteiger partial charge in [0.25, 0.3) is 5.91 Å². The number of rotatable bonds is 8. The van der Waals surface area contributed by atoms with Crippen molar-refractivity contribution in [3.8, 4) is 17.1 Å². The molecule has 34 heavy (non-hydrogen) atoms. The molecule has 4 rings (SSSR count). The summed E-state index contributed by atoms with van der Waals surface area (Å²) in [7, 11) is 1.59. The van der Waals surface area contributed by atoms with E-state index < -0.39 is 0 Å². The molecule has 0 aliphatic heterocycles. The molecule has 2 N–H and O–H groups in total. The number of anilines is 2. The molecule has 3 aromatic carbocycles. The van der Waals surface area contributed by atoms with Crippen LogP contribution in [0.15, 0.2) is 83.4 Å². The molecule has 7 nitrogen and oxygen atoms in total. The van der Waals surface area contributed by atoms with Gasteiger partial charge >= 0.3 is 0 Å². The highest BCUT2D eigenvalue weighted by Gasteiger charge is 2.11. The summed E-state index contributed by atoms with van der Waals surface area (Å²) >= 11 is 0. The van der Waals surface area contributed by atoms with E-state index in [2.05, 4.69) is 15.6 Å². The van der Waals surface area contributed by atoms with Crippen molar-refractivity contribution in [2.24, 2.45) is 0 Å². The second kappa shape index (κ2) is 10.5. The lowest BCUT2D eigenvalue weighted by Crippen LogP contribution is -2.14. The summed E-state index contributed by atoms with van der Waals surface area (Å²) in [6, 6.07) is 21.8. The van der Waals surface area contributed by atoms with Crippen LogP contribution in [-0.4, -0.2) is 23.9 Å². The van der Waals surface area contributed by atoms with Crippen molar-refractivity contribution in [1.82, 2.24) is 4.98 Å². The van der Waals surface area contributed by atoms with Crippen molar-refractivity contribution >= 4 is 23.2 Å². The van der Waals surface area contributed by atoms with Crippen LogP contribution in [-0.2, 0) is 11.2 Å². The van der Waals surface area contributed by atoms with Crippen molar-refractivity contribution in [3.05, 3.63) is 96.0 Å². The molecular weight excluding hydrogens is 430 g/mol. The Hall–Kier alpha value is -4.39. The maximum absolute atomic E-state index is 12.4. The van der Waals surface area contributed by atoms with Crippen molar-refractivity contribution in [2.45, 2.75) is 19.8 Å². The molecule has 0 aliphatic carbocycles. The van der Waals surface area contributed by atoms with Crippen LogP contribution in [0.5, 0.6) is 5.75 Å². The lowest BCUT2D eigenvalue weighted by atomic mass is 10.1. The van der Waals surface area contributed by atoms with Gasteiger partial charge < -0.3 is 19.8 Å². The number of aromatic nitrogens is 1. The number of nitrogens with one attached hydrogen (secondary N) is 2. The van der Waals surface area contributed by atoms with E-state index in [-0.39, 0.29) is 18.2 Å². The Morgan fingerprint density at radius 2 is 1.53 bits per heavy atom. The van der Waals surface area contributed by atoms with E-state index in [1.807, 2.05) is 31.2 Å². The van der Waals surface area contributed by atoms with Gasteiger partial charge in [-0.2, -0.15) is 0 Å². The fraction of sp³-hybridized carbons (Fsp3) is 0.148. The number of amides is 2. The molecule has 0 fully saturated rings. The maximum Gasteiger partial charge on any atom is 0.255 e. The first-order valence-corrected chi connectivity index (χ1v) is 10.9. The summed E-state index contributed by atoms with van der Waals surface area (Å²) in [6.07, 6.45) is 2.29. The van der Waals surface area contributed by atoms with Gasteiger partial charge in [-0.1, -0.05) is 29.8 Å². The fourth-order valence-corrected chi connectivity index (χ4v) is 3.30. The zero-order valence-corrected chi connectivity index (χ0v) is 19.0. The molecule has 0 aliphatic rings. The molecule has 0 atom stereocenters. The number of methoxy groups -OCH3 is 1. The van der Waals surface area contributed by atoms with E-state index in [4.69, 9.17) is 9.15 Å². The highest BCUT2D eigenvalue weighted by atomic mass is 16.5. The first kappa shape index (κ1) is 22.8. The van der Waals surface area contributed by atoms with Gasteiger partial charge in [-0.15, -0.1) is 0 Å². The lowest BCUT2D eigenvalue weighted by molar-refractivity contribution is -0.116. The maximum atomic E-state index is 12.4. The lowest BCUT2D eigenvalue weighted by Gasteiger charge is -2.08. The van der Waals surface area contributed by atoms with Crippen molar-refractivity contribution < 1.29 is 18.7 Å². The zero-order chi connectivity index (χ0) is 23.9. The molecule has 1 heterocycles. The van der Waals surface area contributed by atoms with E-state index in [9.17, 15) is 9.59 Å². The Bertz CT molecular complexity index is 1260. The summed E-state index contributed by atoms with van der Waals surface area (Å²) in [5, 5.41) is 5.66. The van der Waals surface area contributed by atoms with E-state index in [0.717, 1.165) is 5.56 Å². The number of hydrogen-bond acceptors (Lipinski definition) is 5. The van der Waals surface area contributed by atoms with E-state index in [0.29, 0.717) is 40.8 Å². The third-order valence-electron chi connectivity index (χ3n) is 5.23. The van der Waals surface area contributed by atoms with E-state index in [1.54, 1.807) is 61.8 Å². The van der Waals surface area contributed by atoms with Gasteiger partial charge in [0.05, 0.1) is 13.3 Å². The number of hydrogen-bond donors (Lipinski definition) is 2. The van der Waals surface area contributed by atoms with Gasteiger partial charge in [-0.05, 0) is 55.5 Å². The first-order chi connectivity index (χ1) is 16.5. The normalized spacial score (nSPS) is 10.5. The summed E-state index contributed by atoms with van der Waals surface area (Å²) in [6.45, 7) is 2.03. The standard InChI is InChI=1S/C27H25N3O4/c1-18-3-5-19(6-4-18)24-17-28-26(34-24)16-15-25(31)29-21-9-7-20(8-10-21)27(32)30-22-11-13-23(33-2)14-12-22/h3-14,17H,15-16H2,1-2H3,(H,29,31)(H,30,32). The Morgan fingerprint density at radius 3 is 2.21 bits per heavy atom. The average molecular weight is 456 g/mol. The van der Waals surface area contributed by atoms with Crippen LogP contribution in [0.2, 0.25) is 0 Å². The third-order valence-corrected chi connectivity index (χ3v) is 5.23. The van der Waals surface area contributed by atoms with Crippen LogP contribution in [0.3, 0.4) is 0 Å². The average Bonchev–Trinajstić information content (AvgIpc) is 3.33. The number of oxazole rings is 1. The molecule has 4 aromatic rings. The molecule has 0 radical (unpaired) electrons. The number of benzene rings is 3. The van der Waals surface area contributed by atoms with Gasteiger partial charge in [0, 0.05) is 35.3 Å². The minimum Gasteiger partial charge on any atom is -0.497 e. The second-order valence-electron chi connectivity index (χ2n) is 7.79. The van der Waals surface area contributed by atoms with Gasteiger partial charge in [0.2, 0.25) is 5.91 Å². The number of nitrogens with zero attached hydrogens (tertiary/aromatic N) is 1. The predicted octanol–water partition coefficient (Wildman–Crippen LogP) is 5.48. The third kappa shape index (κ3) is 5.89. The van der Waals surface area contributed by atoms with Crippen LogP contribution in [0.1, 0.15) is 28.2 Å². The van der Waals surface area contributed by atoms with Crippen LogP contribution in [0.4, 0.5) is 11.4 Å².